The van der Waals surface area contributed by atoms with Gasteiger partial charge in [-0.2, -0.15) is 0 Å². The van der Waals surface area contributed by atoms with Gasteiger partial charge < -0.3 is 14.5 Å². The Labute approximate surface area is 147 Å². The number of ether oxygens (including phenoxy) is 1. The fourth-order valence-corrected chi connectivity index (χ4v) is 3.27. The summed E-state index contributed by atoms with van der Waals surface area (Å²) in [5, 5.41) is 2.44. The summed E-state index contributed by atoms with van der Waals surface area (Å²) < 4.78 is 5.13. The number of benzene rings is 1. The lowest BCUT2D eigenvalue weighted by Gasteiger charge is -2.36. The minimum atomic E-state index is 0.438. The Morgan fingerprint density at radius 1 is 0.920 bits per heavy atom. The van der Waals surface area contributed by atoms with E-state index in [9.17, 15) is 0 Å². The van der Waals surface area contributed by atoms with E-state index in [4.69, 9.17) is 4.74 Å². The predicted octanol–water partition coefficient (Wildman–Crippen LogP) is 2.50. The van der Waals surface area contributed by atoms with Gasteiger partial charge in [-0.1, -0.05) is 24.3 Å². The first kappa shape index (κ1) is 15.8. The van der Waals surface area contributed by atoms with E-state index in [2.05, 4.69) is 55.1 Å². The number of nitrogens with zero attached hydrogens (tertiary/aromatic N) is 5. The topological polar surface area (TPSA) is 54.4 Å². The lowest BCUT2D eigenvalue weighted by molar-refractivity contribution is 0.178. The molecule has 4 rings (SSSR count). The molecule has 0 N–H and O–H groups in total. The van der Waals surface area contributed by atoms with Gasteiger partial charge in [0.1, 0.15) is 18.2 Å². The van der Waals surface area contributed by atoms with Gasteiger partial charge in [-0.25, -0.2) is 15.0 Å². The van der Waals surface area contributed by atoms with E-state index in [1.165, 1.54) is 10.8 Å². The second-order valence-electron chi connectivity index (χ2n) is 6.09. The maximum Gasteiger partial charge on any atom is 0.156 e. The highest BCUT2D eigenvalue weighted by molar-refractivity contribution is 5.92. The molecule has 0 bridgehead atoms. The zero-order chi connectivity index (χ0) is 17.1. The van der Waals surface area contributed by atoms with Gasteiger partial charge in [-0.3, -0.25) is 0 Å². The molecule has 1 saturated heterocycles. The molecule has 0 aliphatic carbocycles. The summed E-state index contributed by atoms with van der Waals surface area (Å²) in [6, 6.07) is 12.4. The number of hydrogen-bond acceptors (Lipinski definition) is 6. The van der Waals surface area contributed by atoms with Gasteiger partial charge in [-0.15, -0.1) is 0 Å². The molecule has 1 aliphatic rings. The standard InChI is InChI=1S/C19H21N5O/c1-25-14-17-20-9-7-18(22-17)23-10-12-24(13-11-23)19-16-5-3-2-4-15(16)6-8-21-19/h2-9H,10-14H2,1H3. The van der Waals surface area contributed by atoms with Gasteiger partial charge in [0.05, 0.1) is 0 Å². The Morgan fingerprint density at radius 2 is 1.68 bits per heavy atom. The van der Waals surface area contributed by atoms with E-state index < -0.39 is 0 Å². The number of methoxy groups -OCH3 is 1. The first-order valence-corrected chi connectivity index (χ1v) is 8.49. The van der Waals surface area contributed by atoms with Crippen molar-refractivity contribution >= 4 is 22.4 Å². The minimum absolute atomic E-state index is 0.438. The van der Waals surface area contributed by atoms with Crippen LogP contribution in [0.4, 0.5) is 11.6 Å². The lowest BCUT2D eigenvalue weighted by atomic mass is 10.1. The van der Waals surface area contributed by atoms with E-state index in [1.807, 2.05) is 12.3 Å². The Hall–Kier alpha value is -2.73. The van der Waals surface area contributed by atoms with Gasteiger partial charge in [0.25, 0.3) is 0 Å². The van der Waals surface area contributed by atoms with Crippen LogP contribution >= 0.6 is 0 Å². The third-order valence-corrected chi connectivity index (χ3v) is 4.52. The van der Waals surface area contributed by atoms with Crippen LogP contribution in [-0.4, -0.2) is 48.2 Å². The highest BCUT2D eigenvalue weighted by Gasteiger charge is 2.20. The van der Waals surface area contributed by atoms with Crippen LogP contribution in [0.3, 0.4) is 0 Å². The molecule has 3 heterocycles. The van der Waals surface area contributed by atoms with Gasteiger partial charge in [-0.05, 0) is 17.5 Å². The quantitative estimate of drug-likeness (QED) is 0.730. The maximum atomic E-state index is 5.13. The monoisotopic (exact) mass is 335 g/mol. The van der Waals surface area contributed by atoms with Crippen molar-refractivity contribution in [1.29, 1.82) is 0 Å². The number of aromatic nitrogens is 3. The molecule has 3 aromatic rings. The first-order chi connectivity index (χ1) is 12.3. The second-order valence-corrected chi connectivity index (χ2v) is 6.09. The zero-order valence-electron chi connectivity index (χ0n) is 14.3. The highest BCUT2D eigenvalue weighted by atomic mass is 16.5. The van der Waals surface area contributed by atoms with E-state index >= 15 is 0 Å². The average Bonchev–Trinajstić information content (AvgIpc) is 2.68. The van der Waals surface area contributed by atoms with Crippen LogP contribution in [0.15, 0.2) is 48.8 Å². The summed E-state index contributed by atoms with van der Waals surface area (Å²) >= 11 is 0. The SMILES string of the molecule is COCc1nccc(N2CCN(c3nccc4ccccc34)CC2)n1. The Balaban J connectivity index is 1.50. The van der Waals surface area contributed by atoms with Crippen molar-refractivity contribution in [2.75, 3.05) is 43.1 Å². The summed E-state index contributed by atoms with van der Waals surface area (Å²) in [5.74, 6) is 2.76. The predicted molar refractivity (Wildman–Crippen MR) is 98.9 cm³/mol. The van der Waals surface area contributed by atoms with Crippen LogP contribution < -0.4 is 9.80 Å². The smallest absolute Gasteiger partial charge is 0.156 e. The summed E-state index contributed by atoms with van der Waals surface area (Å²) in [7, 11) is 1.66. The van der Waals surface area contributed by atoms with Gasteiger partial charge >= 0.3 is 0 Å². The van der Waals surface area contributed by atoms with E-state index in [1.54, 1.807) is 13.3 Å². The lowest BCUT2D eigenvalue weighted by Crippen LogP contribution is -2.47. The fraction of sp³-hybridized carbons (Fsp3) is 0.316. The van der Waals surface area contributed by atoms with Crippen LogP contribution in [-0.2, 0) is 11.3 Å². The molecule has 25 heavy (non-hydrogen) atoms. The van der Waals surface area contributed by atoms with Gasteiger partial charge in [0.2, 0.25) is 0 Å². The molecule has 1 fully saturated rings. The van der Waals surface area contributed by atoms with E-state index in [0.29, 0.717) is 6.61 Å². The summed E-state index contributed by atoms with van der Waals surface area (Å²) in [4.78, 5) is 18.1. The highest BCUT2D eigenvalue weighted by Crippen LogP contribution is 2.25. The molecule has 0 atom stereocenters. The van der Waals surface area contributed by atoms with Crippen molar-refractivity contribution in [2.24, 2.45) is 0 Å². The molecule has 0 unspecified atom stereocenters. The molecule has 6 heteroatoms. The molecule has 0 radical (unpaired) electrons. The van der Waals surface area contributed by atoms with Gasteiger partial charge in [0, 0.05) is 51.1 Å². The maximum absolute atomic E-state index is 5.13. The molecular formula is C19H21N5O. The van der Waals surface area contributed by atoms with E-state index in [0.717, 1.165) is 43.6 Å². The molecule has 128 valence electrons. The number of piperazine rings is 1. The molecule has 0 amide bonds. The Bertz CT molecular complexity index is 856. The minimum Gasteiger partial charge on any atom is -0.377 e. The molecule has 1 aliphatic heterocycles. The number of pyridine rings is 1. The fourth-order valence-electron chi connectivity index (χ4n) is 3.27. The Morgan fingerprint density at radius 3 is 2.52 bits per heavy atom. The molecule has 6 nitrogen and oxygen atoms in total. The molecule has 0 saturated carbocycles. The van der Waals surface area contributed by atoms with Crippen molar-refractivity contribution in [3.63, 3.8) is 0 Å². The summed E-state index contributed by atoms with van der Waals surface area (Å²) in [6.07, 6.45) is 3.70. The third-order valence-electron chi connectivity index (χ3n) is 4.52. The Kier molecular flexibility index (Phi) is 4.43. The molecule has 0 spiro atoms. The zero-order valence-corrected chi connectivity index (χ0v) is 14.3. The van der Waals surface area contributed by atoms with Gasteiger partial charge in [0.15, 0.2) is 5.82 Å². The van der Waals surface area contributed by atoms with Crippen molar-refractivity contribution in [3.8, 4) is 0 Å². The largest absolute Gasteiger partial charge is 0.377 e. The van der Waals surface area contributed by atoms with Crippen LogP contribution in [0.5, 0.6) is 0 Å². The summed E-state index contributed by atoms with van der Waals surface area (Å²) in [5.41, 5.74) is 0. The number of hydrogen-bond donors (Lipinski definition) is 0. The van der Waals surface area contributed by atoms with Crippen molar-refractivity contribution in [3.05, 3.63) is 54.6 Å². The normalized spacial score (nSPS) is 14.9. The van der Waals surface area contributed by atoms with Crippen LogP contribution in [0, 0.1) is 0 Å². The number of rotatable bonds is 4. The van der Waals surface area contributed by atoms with Crippen molar-refractivity contribution < 1.29 is 4.74 Å². The first-order valence-electron chi connectivity index (χ1n) is 8.49. The third kappa shape index (κ3) is 3.25. The van der Waals surface area contributed by atoms with Crippen LogP contribution in [0.1, 0.15) is 5.82 Å². The molecule has 2 aromatic heterocycles. The molecule has 1 aromatic carbocycles. The van der Waals surface area contributed by atoms with Crippen molar-refractivity contribution in [1.82, 2.24) is 15.0 Å². The average molecular weight is 335 g/mol. The molecular weight excluding hydrogens is 314 g/mol. The van der Waals surface area contributed by atoms with E-state index in [-0.39, 0.29) is 0 Å². The summed E-state index contributed by atoms with van der Waals surface area (Å²) in [6.45, 7) is 4.10. The second kappa shape index (κ2) is 7.03. The number of fused-ring (bicyclic) bond motifs is 1. The number of anilines is 2. The van der Waals surface area contributed by atoms with Crippen LogP contribution in [0.25, 0.3) is 10.8 Å². The van der Waals surface area contributed by atoms with Crippen LogP contribution in [0.2, 0.25) is 0 Å². The van der Waals surface area contributed by atoms with Crippen molar-refractivity contribution in [2.45, 2.75) is 6.61 Å².